The summed E-state index contributed by atoms with van der Waals surface area (Å²) in [5, 5.41) is 3.16. The number of carbonyl (C=O) groups is 1. The summed E-state index contributed by atoms with van der Waals surface area (Å²) in [5.41, 5.74) is 0. The lowest BCUT2D eigenvalue weighted by atomic mass is 10.2. The molecule has 0 bridgehead atoms. The summed E-state index contributed by atoms with van der Waals surface area (Å²) in [5.74, 6) is -0.0823. The highest BCUT2D eigenvalue weighted by molar-refractivity contribution is 5.77. The lowest BCUT2D eigenvalue weighted by molar-refractivity contribution is -0.139. The molecule has 0 aromatic heterocycles. The minimum absolute atomic E-state index is 0.0263. The van der Waals surface area contributed by atoms with E-state index >= 15 is 0 Å². The zero-order valence-electron chi connectivity index (χ0n) is 6.93. The minimum Gasteiger partial charge on any atom is -0.464 e. The van der Waals surface area contributed by atoms with E-state index in [1.807, 2.05) is 0 Å². The van der Waals surface area contributed by atoms with Gasteiger partial charge in [-0.3, -0.25) is 4.79 Å². The highest BCUT2D eigenvalue weighted by Crippen LogP contribution is 2.05. The van der Waals surface area contributed by atoms with Crippen molar-refractivity contribution in [2.75, 3.05) is 13.2 Å². The monoisotopic (exact) mass is 157 g/mol. The van der Waals surface area contributed by atoms with E-state index in [0.717, 1.165) is 25.8 Å². The molecule has 1 fully saturated rings. The molecule has 1 heterocycles. The van der Waals surface area contributed by atoms with Crippen LogP contribution >= 0.6 is 0 Å². The molecule has 0 saturated carbocycles. The molecule has 0 radical (unpaired) electrons. The van der Waals surface area contributed by atoms with E-state index in [1.165, 1.54) is 0 Å². The van der Waals surface area contributed by atoms with Gasteiger partial charge in [-0.25, -0.2) is 0 Å². The second-order valence-electron chi connectivity index (χ2n) is 2.82. The number of hydrogen-bond donors (Lipinski definition) is 1. The molecule has 1 rings (SSSR count). The molecule has 11 heavy (non-hydrogen) atoms. The average Bonchev–Trinajstić information content (AvgIpc) is 2.37. The molecule has 0 spiro atoms. The van der Waals surface area contributed by atoms with Crippen LogP contribution in [0.1, 0.15) is 26.2 Å². The van der Waals surface area contributed by atoms with Crippen molar-refractivity contribution < 1.29 is 9.53 Å². The van der Waals surface area contributed by atoms with Gasteiger partial charge in [0, 0.05) is 6.42 Å². The fraction of sp³-hybridized carbons (Fsp3) is 0.875. The van der Waals surface area contributed by atoms with E-state index in [4.69, 9.17) is 4.74 Å². The highest BCUT2D eigenvalue weighted by atomic mass is 16.5. The summed E-state index contributed by atoms with van der Waals surface area (Å²) in [7, 11) is 0. The summed E-state index contributed by atoms with van der Waals surface area (Å²) in [6, 6.07) is -0.0263. The topological polar surface area (TPSA) is 38.3 Å². The van der Waals surface area contributed by atoms with Gasteiger partial charge in [-0.15, -0.1) is 0 Å². The maximum atomic E-state index is 10.9. The second-order valence-corrected chi connectivity index (χ2v) is 2.82. The molecule has 1 N–H and O–H groups in total. The highest BCUT2D eigenvalue weighted by Gasteiger charge is 2.24. The summed E-state index contributed by atoms with van der Waals surface area (Å²) >= 11 is 0. The fourth-order valence-corrected chi connectivity index (χ4v) is 1.13. The Morgan fingerprint density at radius 1 is 1.73 bits per heavy atom. The third-order valence-electron chi connectivity index (χ3n) is 1.86. The summed E-state index contributed by atoms with van der Waals surface area (Å²) in [4.78, 5) is 10.9. The van der Waals surface area contributed by atoms with E-state index in [1.54, 1.807) is 0 Å². The van der Waals surface area contributed by atoms with Gasteiger partial charge in [0.15, 0.2) is 0 Å². The lowest BCUT2D eigenvalue weighted by Gasteiger charge is -2.06. The number of esters is 1. The Morgan fingerprint density at radius 3 is 3.09 bits per heavy atom. The first kappa shape index (κ1) is 8.53. The fourth-order valence-electron chi connectivity index (χ4n) is 1.13. The maximum Gasteiger partial charge on any atom is 0.323 e. The van der Waals surface area contributed by atoms with Gasteiger partial charge in [0.25, 0.3) is 0 Å². The number of nitrogens with one attached hydrogen (secondary N) is 1. The molecule has 3 heteroatoms. The zero-order chi connectivity index (χ0) is 8.10. The Bertz CT molecular complexity index is 136. The van der Waals surface area contributed by atoms with Crippen molar-refractivity contribution in [2.45, 2.75) is 32.2 Å². The van der Waals surface area contributed by atoms with Gasteiger partial charge in [0.1, 0.15) is 6.04 Å². The van der Waals surface area contributed by atoms with Gasteiger partial charge in [0.05, 0.1) is 6.61 Å². The van der Waals surface area contributed by atoms with Crippen LogP contribution in [0.5, 0.6) is 0 Å². The molecular formula is C8H15NO2. The molecule has 0 unspecified atom stereocenters. The van der Waals surface area contributed by atoms with Gasteiger partial charge < -0.3 is 10.1 Å². The summed E-state index contributed by atoms with van der Waals surface area (Å²) in [6.07, 6.45) is 3.13. The van der Waals surface area contributed by atoms with E-state index in [0.29, 0.717) is 6.61 Å². The quantitative estimate of drug-likeness (QED) is 0.482. The molecule has 1 atom stereocenters. The van der Waals surface area contributed by atoms with Crippen LogP contribution < -0.4 is 5.32 Å². The third kappa shape index (κ3) is 2.50. The number of ether oxygens (including phenoxy) is 1. The number of unbranched alkanes of at least 4 members (excludes halogenated alkanes) is 1. The molecule has 0 aromatic carbocycles. The first-order valence-electron chi connectivity index (χ1n) is 4.24. The largest absolute Gasteiger partial charge is 0.464 e. The maximum absolute atomic E-state index is 10.9. The number of hydrogen-bond acceptors (Lipinski definition) is 3. The van der Waals surface area contributed by atoms with Crippen LogP contribution in [-0.2, 0) is 9.53 Å². The average molecular weight is 157 g/mol. The Kier molecular flexibility index (Phi) is 3.36. The van der Waals surface area contributed by atoms with Crippen molar-refractivity contribution in [1.29, 1.82) is 0 Å². The van der Waals surface area contributed by atoms with Crippen LogP contribution in [0.2, 0.25) is 0 Å². The molecular weight excluding hydrogens is 142 g/mol. The van der Waals surface area contributed by atoms with Crippen molar-refractivity contribution >= 4 is 5.97 Å². The van der Waals surface area contributed by atoms with E-state index in [-0.39, 0.29) is 12.0 Å². The number of rotatable bonds is 4. The van der Waals surface area contributed by atoms with Gasteiger partial charge >= 0.3 is 5.97 Å². The molecule has 0 amide bonds. The normalized spacial score (nSPS) is 23.7. The van der Waals surface area contributed by atoms with Gasteiger partial charge in [-0.05, 0) is 13.0 Å². The van der Waals surface area contributed by atoms with Gasteiger partial charge in [0.2, 0.25) is 0 Å². The van der Waals surface area contributed by atoms with Crippen LogP contribution in [0, 0.1) is 0 Å². The minimum atomic E-state index is -0.0823. The van der Waals surface area contributed by atoms with E-state index < -0.39 is 0 Å². The van der Waals surface area contributed by atoms with Gasteiger partial charge in [-0.1, -0.05) is 13.3 Å². The van der Waals surface area contributed by atoms with Crippen molar-refractivity contribution in [3.05, 3.63) is 0 Å². The second kappa shape index (κ2) is 4.34. The molecule has 1 aliphatic rings. The van der Waals surface area contributed by atoms with Crippen LogP contribution in [0.25, 0.3) is 0 Å². The molecule has 0 aromatic rings. The van der Waals surface area contributed by atoms with Crippen molar-refractivity contribution in [1.82, 2.24) is 5.32 Å². The van der Waals surface area contributed by atoms with E-state index in [2.05, 4.69) is 12.2 Å². The Balaban J connectivity index is 2.10. The van der Waals surface area contributed by atoms with Crippen LogP contribution in [0.3, 0.4) is 0 Å². The van der Waals surface area contributed by atoms with Crippen LogP contribution in [0.15, 0.2) is 0 Å². The standard InChI is InChI=1S/C8H15NO2/c1-2-3-5-9-7-4-6-11-8(7)10/h7,9H,2-6H2,1H3/t7-/m0/s1. The van der Waals surface area contributed by atoms with Crippen molar-refractivity contribution in [3.8, 4) is 0 Å². The molecule has 1 aliphatic heterocycles. The van der Waals surface area contributed by atoms with Crippen LogP contribution in [-0.4, -0.2) is 25.2 Å². The molecule has 64 valence electrons. The Morgan fingerprint density at radius 2 is 2.55 bits per heavy atom. The first-order valence-corrected chi connectivity index (χ1v) is 4.24. The Hall–Kier alpha value is -0.570. The predicted molar refractivity (Wildman–Crippen MR) is 42.3 cm³/mol. The first-order chi connectivity index (χ1) is 5.34. The third-order valence-corrected chi connectivity index (χ3v) is 1.86. The van der Waals surface area contributed by atoms with E-state index in [9.17, 15) is 4.79 Å². The predicted octanol–water partition coefficient (Wildman–Crippen LogP) is 0.692. The zero-order valence-corrected chi connectivity index (χ0v) is 6.93. The SMILES string of the molecule is CCCCN[C@H]1CCOC1=O. The number of carbonyl (C=O) groups excluding carboxylic acids is 1. The van der Waals surface area contributed by atoms with Crippen molar-refractivity contribution in [2.24, 2.45) is 0 Å². The van der Waals surface area contributed by atoms with Crippen LogP contribution in [0.4, 0.5) is 0 Å². The lowest BCUT2D eigenvalue weighted by Crippen LogP contribution is -2.33. The molecule has 1 saturated heterocycles. The number of cyclic esters (lactones) is 1. The summed E-state index contributed by atoms with van der Waals surface area (Å²) in [6.45, 7) is 3.65. The molecule has 3 nitrogen and oxygen atoms in total. The molecule has 0 aliphatic carbocycles. The van der Waals surface area contributed by atoms with Crippen molar-refractivity contribution in [3.63, 3.8) is 0 Å². The Labute approximate surface area is 67.1 Å². The smallest absolute Gasteiger partial charge is 0.323 e. The van der Waals surface area contributed by atoms with Gasteiger partial charge in [-0.2, -0.15) is 0 Å². The summed E-state index contributed by atoms with van der Waals surface area (Å²) < 4.78 is 4.79.